The van der Waals surface area contributed by atoms with Crippen LogP contribution in [0.2, 0.25) is 0 Å². The molecule has 0 spiro atoms. The summed E-state index contributed by atoms with van der Waals surface area (Å²) in [5, 5.41) is 3.41. The van der Waals surface area contributed by atoms with Crippen molar-refractivity contribution in [1.82, 2.24) is 9.88 Å². The van der Waals surface area contributed by atoms with Crippen LogP contribution in [-0.2, 0) is 6.54 Å². The van der Waals surface area contributed by atoms with Gasteiger partial charge in [-0.3, -0.25) is 9.59 Å². The second kappa shape index (κ2) is 8.76. The smallest absolute Gasteiger partial charge is 0.266 e. The SMILES string of the molecule is Cc1nc2sc(C(=O)N(C)Cc3ccc(F)cc3)c(N)c2cc1C(=O)Nc1ccccc1. The number of fused-ring (bicyclic) bond motifs is 1. The van der Waals surface area contributed by atoms with E-state index < -0.39 is 0 Å². The summed E-state index contributed by atoms with van der Waals surface area (Å²) < 4.78 is 13.1. The Hall–Kier alpha value is -3.78. The number of halogens is 1. The Bertz CT molecular complexity index is 1300. The van der Waals surface area contributed by atoms with Crippen LogP contribution >= 0.6 is 11.3 Å². The summed E-state index contributed by atoms with van der Waals surface area (Å²) in [4.78, 5) is 32.8. The lowest BCUT2D eigenvalue weighted by atomic mass is 10.1. The summed E-state index contributed by atoms with van der Waals surface area (Å²) in [5.74, 6) is -0.886. The molecule has 32 heavy (non-hydrogen) atoms. The lowest BCUT2D eigenvalue weighted by Crippen LogP contribution is -2.26. The third-order valence-electron chi connectivity index (χ3n) is 5.06. The van der Waals surface area contributed by atoms with Gasteiger partial charge in [-0.25, -0.2) is 9.37 Å². The first-order chi connectivity index (χ1) is 15.3. The highest BCUT2D eigenvalue weighted by atomic mass is 32.1. The van der Waals surface area contributed by atoms with E-state index in [4.69, 9.17) is 5.73 Å². The molecule has 2 aromatic carbocycles. The van der Waals surface area contributed by atoms with Crippen molar-refractivity contribution in [3.63, 3.8) is 0 Å². The number of para-hydroxylation sites is 1. The minimum Gasteiger partial charge on any atom is -0.397 e. The third-order valence-corrected chi connectivity index (χ3v) is 6.17. The molecule has 6 nitrogen and oxygen atoms in total. The van der Waals surface area contributed by atoms with Gasteiger partial charge in [-0.05, 0) is 42.8 Å². The number of nitrogens with one attached hydrogen (secondary N) is 1. The summed E-state index contributed by atoms with van der Waals surface area (Å²) in [7, 11) is 1.66. The number of aromatic nitrogens is 1. The quantitative estimate of drug-likeness (QED) is 0.457. The van der Waals surface area contributed by atoms with Gasteiger partial charge in [0.05, 0.1) is 16.9 Å². The largest absolute Gasteiger partial charge is 0.397 e. The second-order valence-electron chi connectivity index (χ2n) is 7.43. The first kappa shape index (κ1) is 21.5. The molecular formula is C24H21FN4O2S. The second-order valence-corrected chi connectivity index (χ2v) is 8.43. The molecule has 0 radical (unpaired) electrons. The van der Waals surface area contributed by atoms with Crippen LogP contribution in [0, 0.1) is 12.7 Å². The predicted octanol–water partition coefficient (Wildman–Crippen LogP) is 4.85. The van der Waals surface area contributed by atoms with E-state index in [1.54, 1.807) is 44.3 Å². The molecular weight excluding hydrogens is 427 g/mol. The number of amides is 2. The first-order valence-electron chi connectivity index (χ1n) is 9.89. The topological polar surface area (TPSA) is 88.3 Å². The van der Waals surface area contributed by atoms with Gasteiger partial charge < -0.3 is 16.0 Å². The van der Waals surface area contributed by atoms with Crippen LogP contribution in [0.4, 0.5) is 15.8 Å². The molecule has 4 rings (SSSR count). The molecule has 0 atom stereocenters. The van der Waals surface area contributed by atoms with Crippen molar-refractivity contribution in [3.05, 3.63) is 88.2 Å². The molecule has 0 fully saturated rings. The normalized spacial score (nSPS) is 10.8. The van der Waals surface area contributed by atoms with E-state index >= 15 is 0 Å². The fourth-order valence-electron chi connectivity index (χ4n) is 3.35. The van der Waals surface area contributed by atoms with Crippen LogP contribution in [-0.4, -0.2) is 28.7 Å². The number of nitrogen functional groups attached to an aromatic ring is 1. The number of nitrogens with zero attached hydrogens (tertiary/aromatic N) is 2. The van der Waals surface area contributed by atoms with E-state index in [9.17, 15) is 14.0 Å². The van der Waals surface area contributed by atoms with Gasteiger partial charge in [0, 0.05) is 24.7 Å². The lowest BCUT2D eigenvalue weighted by molar-refractivity contribution is 0.0790. The fourth-order valence-corrected chi connectivity index (χ4v) is 4.46. The minimum atomic E-state index is -0.329. The molecule has 2 amide bonds. The zero-order chi connectivity index (χ0) is 22.8. The zero-order valence-corrected chi connectivity index (χ0v) is 18.4. The maximum absolute atomic E-state index is 13.1. The summed E-state index contributed by atoms with van der Waals surface area (Å²) in [5.41, 5.74) is 9.01. The van der Waals surface area contributed by atoms with Gasteiger partial charge in [-0.2, -0.15) is 0 Å². The summed E-state index contributed by atoms with van der Waals surface area (Å²) >= 11 is 1.19. The number of thiophene rings is 1. The Kier molecular flexibility index (Phi) is 5.87. The van der Waals surface area contributed by atoms with Gasteiger partial charge in [0.25, 0.3) is 11.8 Å². The van der Waals surface area contributed by atoms with Gasteiger partial charge in [0.15, 0.2) is 0 Å². The van der Waals surface area contributed by atoms with Crippen LogP contribution in [0.25, 0.3) is 10.2 Å². The van der Waals surface area contributed by atoms with Crippen molar-refractivity contribution in [1.29, 1.82) is 0 Å². The van der Waals surface area contributed by atoms with Gasteiger partial charge in [0.1, 0.15) is 15.5 Å². The molecule has 3 N–H and O–H groups in total. The number of anilines is 2. The first-order valence-corrected chi connectivity index (χ1v) is 10.7. The average molecular weight is 449 g/mol. The number of carbonyl (C=O) groups is 2. The Morgan fingerprint density at radius 2 is 1.81 bits per heavy atom. The monoisotopic (exact) mass is 448 g/mol. The molecule has 0 saturated heterocycles. The molecule has 2 heterocycles. The van der Waals surface area contributed by atoms with E-state index in [-0.39, 0.29) is 17.6 Å². The Balaban J connectivity index is 1.61. The van der Waals surface area contributed by atoms with E-state index in [1.807, 2.05) is 18.2 Å². The third kappa shape index (κ3) is 4.31. The minimum absolute atomic E-state index is 0.261. The Morgan fingerprint density at radius 3 is 2.50 bits per heavy atom. The molecule has 0 saturated carbocycles. The summed E-state index contributed by atoms with van der Waals surface area (Å²) in [6.07, 6.45) is 0. The molecule has 8 heteroatoms. The molecule has 0 aliphatic rings. The zero-order valence-electron chi connectivity index (χ0n) is 17.6. The molecule has 4 aromatic rings. The molecule has 0 bridgehead atoms. The average Bonchev–Trinajstić information content (AvgIpc) is 3.10. The van der Waals surface area contributed by atoms with Crippen LogP contribution < -0.4 is 11.1 Å². The molecule has 0 aliphatic heterocycles. The van der Waals surface area contributed by atoms with Gasteiger partial charge in [-0.15, -0.1) is 11.3 Å². The number of nitrogens with two attached hydrogens (primary N) is 1. The van der Waals surface area contributed by atoms with Crippen molar-refractivity contribution >= 4 is 44.7 Å². The molecule has 162 valence electrons. The summed E-state index contributed by atoms with van der Waals surface area (Å²) in [6.45, 7) is 2.06. The van der Waals surface area contributed by atoms with Crippen molar-refractivity contribution < 1.29 is 14.0 Å². The molecule has 0 aliphatic carbocycles. The lowest BCUT2D eigenvalue weighted by Gasteiger charge is -2.16. The number of pyridine rings is 1. The molecule has 2 aromatic heterocycles. The van der Waals surface area contributed by atoms with E-state index in [2.05, 4.69) is 10.3 Å². The van der Waals surface area contributed by atoms with Crippen LogP contribution in [0.1, 0.15) is 31.3 Å². The summed E-state index contributed by atoms with van der Waals surface area (Å²) in [6, 6.07) is 16.8. The van der Waals surface area contributed by atoms with Crippen molar-refractivity contribution in [2.75, 3.05) is 18.1 Å². The van der Waals surface area contributed by atoms with Gasteiger partial charge in [-0.1, -0.05) is 30.3 Å². The maximum atomic E-state index is 13.1. The Labute approximate surface area is 188 Å². The maximum Gasteiger partial charge on any atom is 0.266 e. The van der Waals surface area contributed by atoms with E-state index in [0.29, 0.717) is 44.3 Å². The number of benzene rings is 2. The van der Waals surface area contributed by atoms with Crippen LogP contribution in [0.15, 0.2) is 60.7 Å². The van der Waals surface area contributed by atoms with E-state index in [1.165, 1.54) is 28.4 Å². The van der Waals surface area contributed by atoms with Crippen LogP contribution in [0.3, 0.4) is 0 Å². The highest BCUT2D eigenvalue weighted by molar-refractivity contribution is 7.21. The standard InChI is InChI=1S/C24H21FN4O2S/c1-14-18(22(30)28-17-6-4-3-5-7-17)12-19-20(26)21(32-23(19)27-14)24(31)29(2)13-15-8-10-16(25)11-9-15/h3-12H,13,26H2,1-2H3,(H,28,30). The predicted molar refractivity (Wildman–Crippen MR) is 125 cm³/mol. The number of hydrogen-bond donors (Lipinski definition) is 2. The van der Waals surface area contributed by atoms with Crippen LogP contribution in [0.5, 0.6) is 0 Å². The molecule has 0 unspecified atom stereocenters. The number of aryl methyl sites for hydroxylation is 1. The Morgan fingerprint density at radius 1 is 1.12 bits per heavy atom. The highest BCUT2D eigenvalue weighted by Gasteiger charge is 2.23. The van der Waals surface area contributed by atoms with Crippen molar-refractivity contribution in [3.8, 4) is 0 Å². The highest BCUT2D eigenvalue weighted by Crippen LogP contribution is 2.34. The fraction of sp³-hybridized carbons (Fsp3) is 0.125. The number of hydrogen-bond acceptors (Lipinski definition) is 5. The van der Waals surface area contributed by atoms with Crippen molar-refractivity contribution in [2.24, 2.45) is 0 Å². The van der Waals surface area contributed by atoms with Gasteiger partial charge >= 0.3 is 0 Å². The van der Waals surface area contributed by atoms with Crippen molar-refractivity contribution in [2.45, 2.75) is 13.5 Å². The number of carbonyl (C=O) groups excluding carboxylic acids is 2. The number of rotatable bonds is 5. The van der Waals surface area contributed by atoms with Gasteiger partial charge in [0.2, 0.25) is 0 Å². The van der Waals surface area contributed by atoms with E-state index in [0.717, 1.165) is 5.56 Å².